The predicted octanol–water partition coefficient (Wildman–Crippen LogP) is 4.61. The Morgan fingerprint density at radius 3 is 2.38 bits per heavy atom. The summed E-state index contributed by atoms with van der Waals surface area (Å²) in [6.45, 7) is 2.94. The van der Waals surface area contributed by atoms with Crippen LogP contribution in [0.2, 0.25) is 5.02 Å². The first kappa shape index (κ1) is 25.4. The topological polar surface area (TPSA) is 60.0 Å². The predicted molar refractivity (Wildman–Crippen MR) is 154 cm³/mol. The number of piperidine rings is 1. The Labute approximate surface area is 228 Å². The molecule has 0 spiro atoms. The van der Waals surface area contributed by atoms with Crippen LogP contribution in [0.4, 0.5) is 5.69 Å². The summed E-state index contributed by atoms with van der Waals surface area (Å²) >= 11 is 12.0. The second kappa shape index (κ2) is 11.4. The van der Waals surface area contributed by atoms with E-state index in [0.717, 1.165) is 49.3 Å². The molecule has 8 heteroatoms. The Morgan fingerprint density at radius 1 is 1.00 bits per heavy atom. The van der Waals surface area contributed by atoms with Crippen LogP contribution >= 0.6 is 23.8 Å². The number of halogens is 1. The molecule has 1 fully saturated rings. The first-order valence-corrected chi connectivity index (χ1v) is 13.3. The van der Waals surface area contributed by atoms with Crippen molar-refractivity contribution in [3.05, 3.63) is 101 Å². The molecule has 37 heavy (non-hydrogen) atoms. The summed E-state index contributed by atoms with van der Waals surface area (Å²) in [7, 11) is 1.76. The number of thiocarbonyl (C=S) groups is 1. The number of likely N-dealkylation sites (N-methyl/N-ethyl adjacent to an activating group) is 1. The van der Waals surface area contributed by atoms with Crippen molar-refractivity contribution in [2.75, 3.05) is 25.0 Å². The largest absolute Gasteiger partial charge is 0.360 e. The molecule has 6 nitrogen and oxygen atoms in total. The number of likely N-dealkylation sites (tertiary alicyclic amines) is 1. The standard InChI is InChI=1S/C29H30ClN5OS/c1-34-25-13-12-22(30)18-24(25)26(21-10-6-3-7-11-21)32-27(28(34)36)33-29(37)31-23-14-16-35(17-15-23)19-20-8-4-2-5-9-20/h2-13,18,23,27H,14-17,19H2,1H3,(H2,31,33,37). The van der Waals surface area contributed by atoms with Crippen molar-refractivity contribution in [1.82, 2.24) is 15.5 Å². The van der Waals surface area contributed by atoms with Gasteiger partial charge in [-0.2, -0.15) is 0 Å². The van der Waals surface area contributed by atoms with E-state index >= 15 is 0 Å². The fourth-order valence-electron chi connectivity index (χ4n) is 4.89. The molecule has 3 aromatic carbocycles. The van der Waals surface area contributed by atoms with Gasteiger partial charge in [0.05, 0.1) is 11.4 Å². The maximum Gasteiger partial charge on any atom is 0.272 e. The number of anilines is 1. The maximum absolute atomic E-state index is 13.4. The average Bonchev–Trinajstić information content (AvgIpc) is 3.01. The maximum atomic E-state index is 13.4. The van der Waals surface area contributed by atoms with E-state index in [4.69, 9.17) is 28.8 Å². The normalized spacial score (nSPS) is 18.5. The smallest absolute Gasteiger partial charge is 0.272 e. The van der Waals surface area contributed by atoms with Crippen LogP contribution in [0.5, 0.6) is 0 Å². The Morgan fingerprint density at radius 2 is 1.68 bits per heavy atom. The quantitative estimate of drug-likeness (QED) is 0.471. The third-order valence-corrected chi connectivity index (χ3v) is 7.36. The molecule has 2 aliphatic heterocycles. The highest BCUT2D eigenvalue weighted by atomic mass is 35.5. The SMILES string of the molecule is CN1C(=O)C(NC(=S)NC2CCN(Cc3ccccc3)CC2)N=C(c2ccccc2)c2cc(Cl)ccc21. The van der Waals surface area contributed by atoms with Crippen LogP contribution in [-0.4, -0.2) is 54.0 Å². The number of nitrogens with zero attached hydrogens (tertiary/aromatic N) is 3. The molecule has 0 bridgehead atoms. The van der Waals surface area contributed by atoms with Crippen molar-refractivity contribution in [3.8, 4) is 0 Å². The number of hydrogen-bond donors (Lipinski definition) is 2. The van der Waals surface area contributed by atoms with Crippen LogP contribution in [0.1, 0.15) is 29.5 Å². The zero-order valence-corrected chi connectivity index (χ0v) is 22.3. The van der Waals surface area contributed by atoms with Gasteiger partial charge in [0.1, 0.15) is 0 Å². The molecule has 2 N–H and O–H groups in total. The Balaban J connectivity index is 1.28. The van der Waals surface area contributed by atoms with Gasteiger partial charge in [-0.05, 0) is 48.8 Å². The highest BCUT2D eigenvalue weighted by molar-refractivity contribution is 7.80. The van der Waals surface area contributed by atoms with Crippen molar-refractivity contribution >= 4 is 46.2 Å². The van der Waals surface area contributed by atoms with Gasteiger partial charge in [-0.1, -0.05) is 72.3 Å². The minimum atomic E-state index is -0.857. The van der Waals surface area contributed by atoms with Crippen molar-refractivity contribution in [2.45, 2.75) is 31.6 Å². The molecule has 0 radical (unpaired) electrons. The second-order valence-electron chi connectivity index (χ2n) is 9.46. The molecule has 0 aromatic heterocycles. The number of carbonyl (C=O) groups is 1. The number of fused-ring (bicyclic) bond motifs is 1. The lowest BCUT2D eigenvalue weighted by Gasteiger charge is -2.33. The molecule has 5 rings (SSSR count). The summed E-state index contributed by atoms with van der Waals surface area (Å²) in [6, 6.07) is 26.1. The van der Waals surface area contributed by atoms with Gasteiger partial charge >= 0.3 is 0 Å². The van der Waals surface area contributed by atoms with E-state index in [2.05, 4.69) is 39.8 Å². The Bertz CT molecular complexity index is 1290. The molecular formula is C29H30ClN5OS. The van der Waals surface area contributed by atoms with E-state index in [1.807, 2.05) is 48.5 Å². The molecule has 1 amide bonds. The minimum Gasteiger partial charge on any atom is -0.360 e. The van der Waals surface area contributed by atoms with Crippen LogP contribution < -0.4 is 15.5 Å². The molecule has 2 heterocycles. The number of benzene rings is 3. The summed E-state index contributed by atoms with van der Waals surface area (Å²) in [4.78, 5) is 22.4. The third kappa shape index (κ3) is 6.01. The number of hydrogen-bond acceptors (Lipinski definition) is 4. The van der Waals surface area contributed by atoms with Gasteiger partial charge in [0, 0.05) is 48.9 Å². The Kier molecular flexibility index (Phi) is 7.84. The molecule has 190 valence electrons. The fourth-order valence-corrected chi connectivity index (χ4v) is 5.35. The zero-order valence-electron chi connectivity index (χ0n) is 20.7. The highest BCUT2D eigenvalue weighted by Crippen LogP contribution is 2.30. The first-order chi connectivity index (χ1) is 18.0. The van der Waals surface area contributed by atoms with Crippen molar-refractivity contribution < 1.29 is 4.79 Å². The zero-order chi connectivity index (χ0) is 25.8. The van der Waals surface area contributed by atoms with E-state index in [1.54, 1.807) is 18.0 Å². The van der Waals surface area contributed by atoms with Crippen LogP contribution in [0.25, 0.3) is 0 Å². The van der Waals surface area contributed by atoms with Crippen molar-refractivity contribution in [1.29, 1.82) is 0 Å². The van der Waals surface area contributed by atoms with E-state index in [0.29, 0.717) is 15.8 Å². The molecular weight excluding hydrogens is 502 g/mol. The third-order valence-electron chi connectivity index (χ3n) is 6.88. The van der Waals surface area contributed by atoms with Crippen LogP contribution in [-0.2, 0) is 11.3 Å². The first-order valence-electron chi connectivity index (χ1n) is 12.5. The summed E-state index contributed by atoms with van der Waals surface area (Å²) in [5.74, 6) is -0.184. The van der Waals surface area contributed by atoms with Gasteiger partial charge < -0.3 is 15.5 Å². The number of aliphatic imine (C=N–C) groups is 1. The summed E-state index contributed by atoms with van der Waals surface area (Å²) in [5, 5.41) is 7.63. The summed E-state index contributed by atoms with van der Waals surface area (Å²) in [6.07, 6.45) is 1.11. The van der Waals surface area contributed by atoms with Crippen LogP contribution in [0.3, 0.4) is 0 Å². The highest BCUT2D eigenvalue weighted by Gasteiger charge is 2.31. The van der Waals surface area contributed by atoms with Crippen molar-refractivity contribution in [3.63, 3.8) is 0 Å². The number of rotatable bonds is 5. The number of nitrogens with one attached hydrogen (secondary N) is 2. The van der Waals surface area contributed by atoms with Crippen LogP contribution in [0.15, 0.2) is 83.9 Å². The fraction of sp³-hybridized carbons (Fsp3) is 0.276. The number of amides is 1. The van der Waals surface area contributed by atoms with Crippen LogP contribution in [0, 0.1) is 0 Å². The lowest BCUT2D eigenvalue weighted by atomic mass is 10.0. The lowest BCUT2D eigenvalue weighted by Crippen LogP contribution is -2.53. The van der Waals surface area contributed by atoms with E-state index in [9.17, 15) is 4.79 Å². The number of carbonyl (C=O) groups excluding carboxylic acids is 1. The van der Waals surface area contributed by atoms with Gasteiger partial charge in [-0.15, -0.1) is 0 Å². The van der Waals surface area contributed by atoms with E-state index in [1.165, 1.54) is 5.56 Å². The average molecular weight is 532 g/mol. The second-order valence-corrected chi connectivity index (χ2v) is 10.3. The number of benzodiazepines with no additional fused rings is 1. The molecule has 2 aliphatic rings. The summed E-state index contributed by atoms with van der Waals surface area (Å²) < 4.78 is 0. The van der Waals surface area contributed by atoms with Gasteiger partial charge in [-0.25, -0.2) is 4.99 Å². The van der Waals surface area contributed by atoms with E-state index in [-0.39, 0.29) is 11.9 Å². The lowest BCUT2D eigenvalue weighted by molar-refractivity contribution is -0.119. The van der Waals surface area contributed by atoms with Crippen molar-refractivity contribution in [2.24, 2.45) is 4.99 Å². The molecule has 0 aliphatic carbocycles. The molecule has 3 aromatic rings. The van der Waals surface area contributed by atoms with Gasteiger partial charge in [0.2, 0.25) is 6.17 Å². The monoisotopic (exact) mass is 531 g/mol. The summed E-state index contributed by atoms with van der Waals surface area (Å²) in [5.41, 5.74) is 4.50. The van der Waals surface area contributed by atoms with E-state index < -0.39 is 6.17 Å². The molecule has 1 atom stereocenters. The van der Waals surface area contributed by atoms with Gasteiger partial charge in [-0.3, -0.25) is 9.69 Å². The molecule has 1 saturated heterocycles. The molecule has 1 unspecified atom stereocenters. The Hall–Kier alpha value is -3.26. The van der Waals surface area contributed by atoms with Gasteiger partial charge in [0.15, 0.2) is 5.11 Å². The molecule has 0 saturated carbocycles. The minimum absolute atomic E-state index is 0.184. The van der Waals surface area contributed by atoms with Gasteiger partial charge in [0.25, 0.3) is 5.91 Å².